The van der Waals surface area contributed by atoms with Gasteiger partial charge in [0.1, 0.15) is 0 Å². The monoisotopic (exact) mass is 942 g/mol. The van der Waals surface area contributed by atoms with E-state index in [1.165, 1.54) is 212 Å². The third-order valence-corrected chi connectivity index (χ3v) is 13.7. The minimum absolute atomic E-state index is 0.0207. The second-order valence-electron chi connectivity index (χ2n) is 20.4. The summed E-state index contributed by atoms with van der Waals surface area (Å²) in [4.78, 5) is 24.5. The highest BCUT2D eigenvalue weighted by molar-refractivity contribution is 5.76. The molecule has 0 radical (unpaired) electrons. The molecule has 0 aromatic carbocycles. The zero-order valence-corrected chi connectivity index (χ0v) is 44.9. The Bertz CT molecular complexity index is 1090. The third kappa shape index (κ3) is 53.3. The Kier molecular flexibility index (Phi) is 55.0. The molecule has 0 saturated carbocycles. The molecule has 1 amide bonds. The summed E-state index contributed by atoms with van der Waals surface area (Å²) in [5, 5.41) is 23.3. The van der Waals surface area contributed by atoms with Crippen molar-refractivity contribution in [3.8, 4) is 0 Å². The second-order valence-corrected chi connectivity index (χ2v) is 20.4. The number of esters is 1. The molecule has 394 valence electrons. The number of aliphatic hydroxyl groups is 2. The molecule has 0 aliphatic rings. The molecule has 0 aliphatic heterocycles. The first-order valence-corrected chi connectivity index (χ1v) is 29.8. The first-order chi connectivity index (χ1) is 33.0. The van der Waals surface area contributed by atoms with Crippen molar-refractivity contribution in [3.05, 3.63) is 36.5 Å². The zero-order valence-electron chi connectivity index (χ0n) is 44.9. The quantitative estimate of drug-likeness (QED) is 0.0244. The van der Waals surface area contributed by atoms with E-state index in [9.17, 15) is 19.8 Å². The fourth-order valence-electron chi connectivity index (χ4n) is 9.10. The molecule has 0 fully saturated rings. The molecular formula is C61H115NO5. The van der Waals surface area contributed by atoms with E-state index in [-0.39, 0.29) is 18.5 Å². The summed E-state index contributed by atoms with van der Waals surface area (Å²) in [6.07, 6.45) is 70.0. The van der Waals surface area contributed by atoms with Gasteiger partial charge in [-0.1, -0.05) is 256 Å². The first-order valence-electron chi connectivity index (χ1n) is 29.8. The molecule has 6 heteroatoms. The molecule has 0 bridgehead atoms. The smallest absolute Gasteiger partial charge is 0.305 e. The van der Waals surface area contributed by atoms with E-state index in [4.69, 9.17) is 4.74 Å². The van der Waals surface area contributed by atoms with Gasteiger partial charge in [-0.2, -0.15) is 0 Å². The number of carbonyl (C=O) groups is 2. The standard InChI is InChI=1S/C61H115NO5/c1-3-5-7-9-11-13-15-17-19-27-31-35-39-43-47-51-55-61(66)67-56-52-48-44-40-36-32-28-24-22-20-21-23-26-30-34-38-42-46-50-54-60(65)62-58(57-63)59(64)53-49-45-41-37-33-29-25-18-16-14-12-10-8-6-4-2/h19,24,27-28,32,36,58-59,63-64H,3-18,20-23,25-26,29-31,33-35,37-57H2,1-2H3,(H,62,65)/b27-19-,28-24-,36-32-. The Balaban J connectivity index is 3.48. The van der Waals surface area contributed by atoms with E-state index in [0.717, 1.165) is 70.6 Å². The highest BCUT2D eigenvalue weighted by Crippen LogP contribution is 2.17. The molecular weight excluding hydrogens is 827 g/mol. The second kappa shape index (κ2) is 56.7. The lowest BCUT2D eigenvalue weighted by molar-refractivity contribution is -0.143. The summed E-state index contributed by atoms with van der Waals surface area (Å²) in [6, 6.07) is -0.549. The van der Waals surface area contributed by atoms with Gasteiger partial charge >= 0.3 is 5.97 Å². The van der Waals surface area contributed by atoms with Crippen molar-refractivity contribution in [1.29, 1.82) is 0 Å². The molecule has 0 saturated heterocycles. The van der Waals surface area contributed by atoms with Crippen LogP contribution in [0, 0.1) is 0 Å². The normalized spacial score (nSPS) is 12.8. The molecule has 0 aromatic heterocycles. The van der Waals surface area contributed by atoms with Crippen LogP contribution in [0.5, 0.6) is 0 Å². The maximum Gasteiger partial charge on any atom is 0.305 e. The summed E-state index contributed by atoms with van der Waals surface area (Å²) in [5.41, 5.74) is 0. The van der Waals surface area contributed by atoms with Gasteiger partial charge in [-0.15, -0.1) is 0 Å². The molecule has 67 heavy (non-hydrogen) atoms. The largest absolute Gasteiger partial charge is 0.466 e. The summed E-state index contributed by atoms with van der Waals surface area (Å²) in [7, 11) is 0. The predicted molar refractivity (Wildman–Crippen MR) is 292 cm³/mol. The van der Waals surface area contributed by atoms with E-state index >= 15 is 0 Å². The number of ether oxygens (including phenoxy) is 1. The van der Waals surface area contributed by atoms with Crippen LogP contribution in [0.2, 0.25) is 0 Å². The van der Waals surface area contributed by atoms with Crippen LogP contribution in [0.15, 0.2) is 36.5 Å². The molecule has 0 spiro atoms. The Labute approximate surface area is 417 Å². The number of rotatable bonds is 55. The molecule has 0 heterocycles. The maximum absolute atomic E-state index is 12.5. The molecule has 0 aromatic rings. The number of nitrogens with one attached hydrogen (secondary N) is 1. The van der Waals surface area contributed by atoms with Gasteiger partial charge < -0.3 is 20.3 Å². The minimum Gasteiger partial charge on any atom is -0.466 e. The Morgan fingerprint density at radius 1 is 0.418 bits per heavy atom. The third-order valence-electron chi connectivity index (χ3n) is 13.7. The van der Waals surface area contributed by atoms with Crippen molar-refractivity contribution in [2.75, 3.05) is 13.2 Å². The van der Waals surface area contributed by atoms with Gasteiger partial charge in [0, 0.05) is 12.8 Å². The number of hydrogen-bond donors (Lipinski definition) is 3. The molecule has 2 unspecified atom stereocenters. The van der Waals surface area contributed by atoms with Crippen molar-refractivity contribution in [3.63, 3.8) is 0 Å². The van der Waals surface area contributed by atoms with Crippen LogP contribution in [-0.2, 0) is 14.3 Å². The van der Waals surface area contributed by atoms with E-state index in [0.29, 0.717) is 25.9 Å². The van der Waals surface area contributed by atoms with Crippen LogP contribution in [-0.4, -0.2) is 47.4 Å². The lowest BCUT2D eigenvalue weighted by atomic mass is 10.0. The number of carbonyl (C=O) groups excluding carboxylic acids is 2. The summed E-state index contributed by atoms with van der Waals surface area (Å²) >= 11 is 0. The Morgan fingerprint density at radius 3 is 1.15 bits per heavy atom. The van der Waals surface area contributed by atoms with Crippen LogP contribution < -0.4 is 5.32 Å². The lowest BCUT2D eigenvalue weighted by Crippen LogP contribution is -2.45. The number of allylic oxidation sites excluding steroid dienone is 6. The van der Waals surface area contributed by atoms with Gasteiger partial charge in [-0.25, -0.2) is 0 Å². The maximum atomic E-state index is 12.5. The van der Waals surface area contributed by atoms with E-state index in [2.05, 4.69) is 55.6 Å². The van der Waals surface area contributed by atoms with E-state index in [1.54, 1.807) is 0 Å². The van der Waals surface area contributed by atoms with Gasteiger partial charge in [0.15, 0.2) is 0 Å². The van der Waals surface area contributed by atoms with Crippen molar-refractivity contribution in [2.24, 2.45) is 0 Å². The SMILES string of the molecule is CCCCCCCCC/C=C\CCCCCCCC(=O)OCCCCC/C=C\C=C/CCCCCCCCCCCCC(=O)NC(CO)C(O)CCCCCCCCCCCCCCCCC. The highest BCUT2D eigenvalue weighted by atomic mass is 16.5. The van der Waals surface area contributed by atoms with Crippen LogP contribution in [0.3, 0.4) is 0 Å². The molecule has 6 nitrogen and oxygen atoms in total. The van der Waals surface area contributed by atoms with E-state index < -0.39 is 12.1 Å². The lowest BCUT2D eigenvalue weighted by Gasteiger charge is -2.22. The topological polar surface area (TPSA) is 95.9 Å². The van der Waals surface area contributed by atoms with Crippen LogP contribution in [0.4, 0.5) is 0 Å². The summed E-state index contributed by atoms with van der Waals surface area (Å²) in [6.45, 7) is 4.91. The van der Waals surface area contributed by atoms with Gasteiger partial charge in [0.05, 0.1) is 25.4 Å². The van der Waals surface area contributed by atoms with Crippen molar-refractivity contribution in [1.82, 2.24) is 5.32 Å². The van der Waals surface area contributed by atoms with Crippen molar-refractivity contribution < 1.29 is 24.5 Å². The number of hydrogen-bond acceptors (Lipinski definition) is 5. The van der Waals surface area contributed by atoms with Crippen LogP contribution in [0.25, 0.3) is 0 Å². The van der Waals surface area contributed by atoms with Gasteiger partial charge in [-0.05, 0) is 83.5 Å². The van der Waals surface area contributed by atoms with E-state index in [1.807, 2.05) is 0 Å². The van der Waals surface area contributed by atoms with Gasteiger partial charge in [0.2, 0.25) is 5.91 Å². The van der Waals surface area contributed by atoms with Gasteiger partial charge in [0.25, 0.3) is 0 Å². The minimum atomic E-state index is -0.671. The number of unbranched alkanes of at least 4 members (excludes halogenated alkanes) is 39. The average molecular weight is 943 g/mol. The molecule has 0 aliphatic carbocycles. The number of amides is 1. The van der Waals surface area contributed by atoms with Crippen molar-refractivity contribution >= 4 is 11.9 Å². The summed E-state index contributed by atoms with van der Waals surface area (Å²) < 4.78 is 5.45. The average Bonchev–Trinajstić information content (AvgIpc) is 3.33. The predicted octanol–water partition coefficient (Wildman–Crippen LogP) is 18.4. The summed E-state index contributed by atoms with van der Waals surface area (Å²) in [5.74, 6) is -0.0648. The first kappa shape index (κ1) is 65.1. The van der Waals surface area contributed by atoms with Gasteiger partial charge in [-0.3, -0.25) is 9.59 Å². The molecule has 0 rings (SSSR count). The van der Waals surface area contributed by atoms with Crippen molar-refractivity contribution in [2.45, 2.75) is 328 Å². The van der Waals surface area contributed by atoms with Crippen LogP contribution in [0.1, 0.15) is 316 Å². The fourth-order valence-corrected chi connectivity index (χ4v) is 9.10. The Morgan fingerprint density at radius 2 is 0.746 bits per heavy atom. The number of aliphatic hydroxyl groups excluding tert-OH is 2. The molecule has 3 N–H and O–H groups in total. The fraction of sp³-hybridized carbons (Fsp3) is 0.869. The Hall–Kier alpha value is -1.92. The van der Waals surface area contributed by atoms with Crippen LogP contribution >= 0.6 is 0 Å². The molecule has 2 atom stereocenters. The highest BCUT2D eigenvalue weighted by Gasteiger charge is 2.20. The zero-order chi connectivity index (χ0) is 48.6.